The fraction of sp³-hybridized carbons (Fsp3) is 0.400. The van der Waals surface area contributed by atoms with Gasteiger partial charge >= 0.3 is 0 Å². The van der Waals surface area contributed by atoms with Crippen molar-refractivity contribution in [3.05, 3.63) is 42.0 Å². The minimum absolute atomic E-state index is 0.0168. The normalized spacial score (nSPS) is 16.9. The van der Waals surface area contributed by atoms with Crippen molar-refractivity contribution in [2.45, 2.75) is 12.8 Å². The van der Waals surface area contributed by atoms with Crippen molar-refractivity contribution in [2.75, 3.05) is 33.3 Å². The number of aromatic nitrogens is 2. The first-order valence-corrected chi connectivity index (χ1v) is 9.22. The Hall–Kier alpha value is -2.96. The Kier molecular flexibility index (Phi) is 4.75. The molecule has 1 saturated heterocycles. The van der Waals surface area contributed by atoms with Crippen LogP contribution in [0.4, 0.5) is 0 Å². The SMILES string of the molecule is COc1ccc(-c2cccc(C(=O)N3CCN(C(=O)C4CC4)CC3)c2)nn1. The number of hydrogen-bond acceptors (Lipinski definition) is 5. The summed E-state index contributed by atoms with van der Waals surface area (Å²) in [5.41, 5.74) is 2.14. The van der Waals surface area contributed by atoms with Gasteiger partial charge in [-0.25, -0.2) is 0 Å². The molecule has 140 valence electrons. The summed E-state index contributed by atoms with van der Waals surface area (Å²) in [6.07, 6.45) is 2.03. The summed E-state index contributed by atoms with van der Waals surface area (Å²) in [5.74, 6) is 0.915. The Morgan fingerprint density at radius 1 is 1.00 bits per heavy atom. The molecule has 1 aromatic heterocycles. The van der Waals surface area contributed by atoms with Gasteiger partial charge in [0.1, 0.15) is 0 Å². The highest BCUT2D eigenvalue weighted by atomic mass is 16.5. The van der Waals surface area contributed by atoms with Crippen LogP contribution in [0.15, 0.2) is 36.4 Å². The molecule has 0 spiro atoms. The van der Waals surface area contributed by atoms with Crippen LogP contribution in [0.5, 0.6) is 5.88 Å². The summed E-state index contributed by atoms with van der Waals surface area (Å²) in [5, 5.41) is 8.12. The van der Waals surface area contributed by atoms with Gasteiger partial charge in [0.15, 0.2) is 0 Å². The fourth-order valence-electron chi connectivity index (χ4n) is 3.30. The summed E-state index contributed by atoms with van der Waals surface area (Å²) >= 11 is 0. The number of piperazine rings is 1. The second-order valence-corrected chi connectivity index (χ2v) is 6.93. The molecule has 7 nitrogen and oxygen atoms in total. The van der Waals surface area contributed by atoms with Crippen molar-refractivity contribution in [2.24, 2.45) is 5.92 Å². The van der Waals surface area contributed by atoms with Crippen LogP contribution in [0.25, 0.3) is 11.3 Å². The number of ether oxygens (including phenoxy) is 1. The molecule has 0 bridgehead atoms. The van der Waals surface area contributed by atoms with E-state index in [1.807, 2.05) is 40.1 Å². The standard InChI is InChI=1S/C20H22N4O3/c1-27-18-8-7-17(21-22-18)15-3-2-4-16(13-15)20(26)24-11-9-23(10-12-24)19(25)14-5-6-14/h2-4,7-8,13-14H,5-6,9-12H2,1H3. The Morgan fingerprint density at radius 3 is 2.37 bits per heavy atom. The van der Waals surface area contributed by atoms with Gasteiger partial charge in [-0.3, -0.25) is 9.59 Å². The number of carbonyl (C=O) groups excluding carboxylic acids is 2. The number of benzene rings is 1. The molecule has 4 rings (SSSR count). The van der Waals surface area contributed by atoms with Gasteiger partial charge in [0.2, 0.25) is 11.8 Å². The molecule has 1 aliphatic heterocycles. The van der Waals surface area contributed by atoms with Gasteiger partial charge in [-0.2, -0.15) is 0 Å². The third-order valence-electron chi connectivity index (χ3n) is 5.06. The lowest BCUT2D eigenvalue weighted by atomic mass is 10.1. The van der Waals surface area contributed by atoms with Gasteiger partial charge < -0.3 is 14.5 Å². The van der Waals surface area contributed by atoms with E-state index in [1.165, 1.54) is 0 Å². The van der Waals surface area contributed by atoms with E-state index in [1.54, 1.807) is 13.2 Å². The molecule has 2 fully saturated rings. The number of carbonyl (C=O) groups is 2. The summed E-state index contributed by atoms with van der Waals surface area (Å²) in [6.45, 7) is 2.38. The van der Waals surface area contributed by atoms with Crippen LogP contribution in [0.3, 0.4) is 0 Å². The monoisotopic (exact) mass is 366 g/mol. The van der Waals surface area contributed by atoms with Crippen molar-refractivity contribution in [3.63, 3.8) is 0 Å². The summed E-state index contributed by atoms with van der Waals surface area (Å²) in [7, 11) is 1.54. The van der Waals surface area contributed by atoms with E-state index in [0.29, 0.717) is 43.3 Å². The molecule has 0 N–H and O–H groups in total. The minimum atomic E-state index is -0.0168. The van der Waals surface area contributed by atoms with Crippen molar-refractivity contribution < 1.29 is 14.3 Å². The number of amides is 2. The average Bonchev–Trinajstić information content (AvgIpc) is 3.58. The maximum Gasteiger partial charge on any atom is 0.253 e. The molecule has 7 heteroatoms. The van der Waals surface area contributed by atoms with Gasteiger partial charge in [-0.15, -0.1) is 10.2 Å². The van der Waals surface area contributed by atoms with Crippen molar-refractivity contribution in [1.82, 2.24) is 20.0 Å². The zero-order valence-corrected chi connectivity index (χ0v) is 15.3. The number of rotatable bonds is 4. The lowest BCUT2D eigenvalue weighted by molar-refractivity contribution is -0.134. The minimum Gasteiger partial charge on any atom is -0.480 e. The van der Waals surface area contributed by atoms with E-state index in [0.717, 1.165) is 18.4 Å². The molecule has 1 aliphatic carbocycles. The number of hydrogen-bond donors (Lipinski definition) is 0. The van der Waals surface area contributed by atoms with Crippen LogP contribution < -0.4 is 4.74 Å². The highest BCUT2D eigenvalue weighted by molar-refractivity contribution is 5.95. The largest absolute Gasteiger partial charge is 0.480 e. The first-order chi connectivity index (χ1) is 13.2. The molecule has 1 saturated carbocycles. The van der Waals surface area contributed by atoms with Crippen molar-refractivity contribution in [1.29, 1.82) is 0 Å². The Balaban J connectivity index is 1.43. The summed E-state index contributed by atoms with van der Waals surface area (Å²) in [4.78, 5) is 28.7. The first-order valence-electron chi connectivity index (χ1n) is 9.22. The molecule has 0 unspecified atom stereocenters. The van der Waals surface area contributed by atoms with E-state index < -0.39 is 0 Å². The molecule has 0 radical (unpaired) electrons. The lowest BCUT2D eigenvalue weighted by Crippen LogP contribution is -2.51. The topological polar surface area (TPSA) is 75.6 Å². The van der Waals surface area contributed by atoms with E-state index in [4.69, 9.17) is 4.74 Å². The average molecular weight is 366 g/mol. The fourth-order valence-corrected chi connectivity index (χ4v) is 3.30. The van der Waals surface area contributed by atoms with E-state index in [2.05, 4.69) is 10.2 Å². The Bertz CT molecular complexity index is 841. The molecule has 2 aromatic rings. The zero-order valence-electron chi connectivity index (χ0n) is 15.3. The summed E-state index contributed by atoms with van der Waals surface area (Å²) < 4.78 is 5.03. The van der Waals surface area contributed by atoms with Crippen LogP contribution in [-0.4, -0.2) is 65.1 Å². The zero-order chi connectivity index (χ0) is 18.8. The molecular weight excluding hydrogens is 344 g/mol. The van der Waals surface area contributed by atoms with E-state index in [9.17, 15) is 9.59 Å². The van der Waals surface area contributed by atoms with Crippen LogP contribution in [0, 0.1) is 5.92 Å². The number of methoxy groups -OCH3 is 1. The predicted molar refractivity (Wildman–Crippen MR) is 99.2 cm³/mol. The Morgan fingerprint density at radius 2 is 1.74 bits per heavy atom. The maximum absolute atomic E-state index is 12.9. The lowest BCUT2D eigenvalue weighted by Gasteiger charge is -2.35. The van der Waals surface area contributed by atoms with E-state index in [-0.39, 0.29) is 17.7 Å². The molecule has 27 heavy (non-hydrogen) atoms. The van der Waals surface area contributed by atoms with Crippen molar-refractivity contribution in [3.8, 4) is 17.1 Å². The third-order valence-corrected chi connectivity index (χ3v) is 5.06. The quantitative estimate of drug-likeness (QED) is 0.825. The molecule has 1 aromatic carbocycles. The second kappa shape index (κ2) is 7.34. The van der Waals surface area contributed by atoms with Gasteiger partial charge in [0, 0.05) is 49.3 Å². The highest BCUT2D eigenvalue weighted by Gasteiger charge is 2.35. The van der Waals surface area contributed by atoms with Crippen LogP contribution >= 0.6 is 0 Å². The highest BCUT2D eigenvalue weighted by Crippen LogP contribution is 2.31. The Labute approximate surface area is 157 Å². The van der Waals surface area contributed by atoms with Crippen LogP contribution in [0.2, 0.25) is 0 Å². The molecule has 2 amide bonds. The molecule has 0 atom stereocenters. The van der Waals surface area contributed by atoms with Gasteiger partial charge in [-0.1, -0.05) is 12.1 Å². The van der Waals surface area contributed by atoms with Crippen LogP contribution in [0.1, 0.15) is 23.2 Å². The van der Waals surface area contributed by atoms with Crippen LogP contribution in [-0.2, 0) is 4.79 Å². The van der Waals surface area contributed by atoms with Gasteiger partial charge in [-0.05, 0) is 31.0 Å². The maximum atomic E-state index is 12.9. The van der Waals surface area contributed by atoms with Crippen molar-refractivity contribution >= 4 is 11.8 Å². The smallest absolute Gasteiger partial charge is 0.253 e. The molecule has 2 aliphatic rings. The second-order valence-electron chi connectivity index (χ2n) is 6.93. The molecule has 2 heterocycles. The summed E-state index contributed by atoms with van der Waals surface area (Å²) in [6, 6.07) is 11.0. The predicted octanol–water partition coefficient (Wildman–Crippen LogP) is 1.85. The van der Waals surface area contributed by atoms with Gasteiger partial charge in [0.05, 0.1) is 12.8 Å². The van der Waals surface area contributed by atoms with Gasteiger partial charge in [0.25, 0.3) is 5.91 Å². The molecular formula is C20H22N4O3. The number of nitrogens with zero attached hydrogens (tertiary/aromatic N) is 4. The first kappa shape index (κ1) is 17.5. The third kappa shape index (κ3) is 3.77. The van der Waals surface area contributed by atoms with E-state index >= 15 is 0 Å².